The topological polar surface area (TPSA) is 72.0 Å². The number of halogens is 1. The van der Waals surface area contributed by atoms with E-state index in [1.165, 1.54) is 41.7 Å². The molecule has 0 radical (unpaired) electrons. The molecule has 208 valence electrons. The zero-order chi connectivity index (χ0) is 27.8. The summed E-state index contributed by atoms with van der Waals surface area (Å²) >= 11 is 8.00. The third-order valence-electron chi connectivity index (χ3n) is 5.85. The van der Waals surface area contributed by atoms with Crippen LogP contribution < -0.4 is 62.4 Å². The average Bonchev–Trinajstić information content (AvgIpc) is 3.34. The van der Waals surface area contributed by atoms with Crippen molar-refractivity contribution in [3.05, 3.63) is 77.9 Å². The molecule has 2 aromatic carbocycles. The number of rotatable bonds is 12. The minimum Gasteiger partial charge on any atom is -0.460 e. The van der Waals surface area contributed by atoms with Gasteiger partial charge in [0.05, 0.1) is 12.2 Å². The molecule has 3 rings (SSSR count). The molecule has 0 amide bonds. The Morgan fingerprint density at radius 2 is 1.97 bits per heavy atom. The molecule has 1 fully saturated rings. The van der Waals surface area contributed by atoms with Gasteiger partial charge in [-0.05, 0) is 85.1 Å². The molecule has 1 aliphatic rings. The minimum absolute atomic E-state index is 0. The molecule has 0 bridgehead atoms. The van der Waals surface area contributed by atoms with Crippen molar-refractivity contribution in [1.82, 2.24) is 5.32 Å². The van der Waals surface area contributed by atoms with Crippen LogP contribution in [-0.2, 0) is 11.3 Å². The number of ether oxygens (including phenoxy) is 1. The molecule has 39 heavy (non-hydrogen) atoms. The van der Waals surface area contributed by atoms with E-state index in [2.05, 4.69) is 71.7 Å². The number of hydrogen-bond donors (Lipinski definition) is 2. The van der Waals surface area contributed by atoms with Gasteiger partial charge in [-0.25, -0.2) is 6.08 Å². The number of nitrogens with zero attached hydrogens (tertiary/aromatic N) is 2. The second kappa shape index (κ2) is 21.1. The molecule has 2 aromatic rings. The molecule has 0 saturated carbocycles. The van der Waals surface area contributed by atoms with E-state index in [1.807, 2.05) is 37.7 Å². The third-order valence-corrected chi connectivity index (χ3v) is 7.29. The van der Waals surface area contributed by atoms with E-state index in [1.54, 1.807) is 13.1 Å². The number of nitrogens with one attached hydrogen (secondary N) is 1. The van der Waals surface area contributed by atoms with E-state index in [0.717, 1.165) is 23.9 Å². The standard InChI is InChI=1S/C22H28ClNOS.C9H15N3.K/c1-17-6-11-22(25-17)16-26-13-3-12-24-15-18-4-2-5-20(14-18)19-7-9-21(23)10-8-19;1-5-8(9(10)11-4)12-6-7(2)3;/h2,4-5,7-10,14,17,22,24H,3,6,11-13,15-16H2,1H3;6-7H,4H2,1-3H3,(H2,10,11);/q;-2;+1. The first-order chi connectivity index (χ1) is 18.3. The number of allylic oxidation sites excluding steroid dienone is 1. The number of hydrogen-bond acceptors (Lipinski definition) is 5. The van der Waals surface area contributed by atoms with Crippen LogP contribution in [0.25, 0.3) is 11.1 Å². The summed E-state index contributed by atoms with van der Waals surface area (Å²) in [6, 6.07) is 16.7. The normalized spacial score (nSPS) is 17.7. The number of thioether (sulfide) groups is 1. The molecule has 3 N–H and O–H groups in total. The Kier molecular flexibility index (Phi) is 19.7. The van der Waals surface area contributed by atoms with E-state index in [-0.39, 0.29) is 51.4 Å². The van der Waals surface area contributed by atoms with E-state index < -0.39 is 0 Å². The summed E-state index contributed by atoms with van der Waals surface area (Å²) in [5.41, 5.74) is 9.80. The van der Waals surface area contributed by atoms with Crippen molar-refractivity contribution in [3.8, 4) is 11.1 Å². The monoisotopic (exact) mass is 593 g/mol. The maximum Gasteiger partial charge on any atom is 1.00 e. The fourth-order valence-corrected chi connectivity index (χ4v) is 4.96. The van der Waals surface area contributed by atoms with Crippen molar-refractivity contribution in [2.24, 2.45) is 21.6 Å². The number of amidine groups is 1. The van der Waals surface area contributed by atoms with Gasteiger partial charge in [0.15, 0.2) is 0 Å². The Balaban J connectivity index is 0.000000499. The molecule has 2 unspecified atom stereocenters. The van der Waals surface area contributed by atoms with Gasteiger partial charge in [-0.3, -0.25) is 4.99 Å². The first kappa shape index (κ1) is 36.4. The molecule has 1 heterocycles. The van der Waals surface area contributed by atoms with Crippen LogP contribution in [0.4, 0.5) is 0 Å². The zero-order valence-electron chi connectivity index (χ0n) is 24.3. The molecule has 0 aromatic heterocycles. The van der Waals surface area contributed by atoms with Crippen LogP contribution in [-0.4, -0.2) is 42.3 Å². The van der Waals surface area contributed by atoms with Crippen LogP contribution in [0.3, 0.4) is 0 Å². The molecule has 8 heteroatoms. The van der Waals surface area contributed by atoms with Crippen LogP contribution in [0.5, 0.6) is 0 Å². The summed E-state index contributed by atoms with van der Waals surface area (Å²) in [6.07, 6.45) is 9.23. The zero-order valence-corrected chi connectivity index (χ0v) is 28.9. The first-order valence-electron chi connectivity index (χ1n) is 13.3. The fourth-order valence-electron chi connectivity index (χ4n) is 3.82. The Morgan fingerprint density at radius 3 is 2.59 bits per heavy atom. The van der Waals surface area contributed by atoms with E-state index >= 15 is 0 Å². The van der Waals surface area contributed by atoms with Crippen LogP contribution in [0.15, 0.2) is 64.2 Å². The van der Waals surface area contributed by atoms with Gasteiger partial charge in [-0.2, -0.15) is 18.8 Å². The molecule has 0 spiro atoms. The summed E-state index contributed by atoms with van der Waals surface area (Å²) in [7, 11) is 3.31. The molecule has 1 saturated heterocycles. The van der Waals surface area contributed by atoms with Crippen molar-refractivity contribution in [1.29, 1.82) is 0 Å². The van der Waals surface area contributed by atoms with E-state index in [0.29, 0.717) is 29.7 Å². The molecular weight excluding hydrogens is 551 g/mol. The number of benzene rings is 2. The number of aliphatic imine (C=N–C) groups is 2. The van der Waals surface area contributed by atoms with Crippen molar-refractivity contribution < 1.29 is 56.1 Å². The van der Waals surface area contributed by atoms with Gasteiger partial charge in [-0.15, -0.1) is 6.92 Å². The first-order valence-corrected chi connectivity index (χ1v) is 14.8. The average molecular weight is 594 g/mol. The van der Waals surface area contributed by atoms with Gasteiger partial charge in [-0.1, -0.05) is 61.5 Å². The van der Waals surface area contributed by atoms with Crippen molar-refractivity contribution >= 4 is 35.4 Å². The Labute approximate surface area is 288 Å². The third kappa shape index (κ3) is 15.3. The summed E-state index contributed by atoms with van der Waals surface area (Å²) < 4.78 is 5.86. The van der Waals surface area contributed by atoms with Gasteiger partial charge in [0.1, 0.15) is 0 Å². The molecule has 2 atom stereocenters. The van der Waals surface area contributed by atoms with Gasteiger partial charge >= 0.3 is 51.4 Å². The predicted octanol–water partition coefficient (Wildman–Crippen LogP) is 4.36. The molecule has 0 aliphatic carbocycles. The van der Waals surface area contributed by atoms with Crippen LogP contribution in [0, 0.1) is 19.0 Å². The quantitative estimate of drug-likeness (QED) is 0.126. The van der Waals surface area contributed by atoms with Gasteiger partial charge in [0, 0.05) is 23.5 Å². The predicted molar refractivity (Wildman–Crippen MR) is 167 cm³/mol. The Hall–Kier alpha value is -0.614. The summed E-state index contributed by atoms with van der Waals surface area (Å²) in [5, 5.41) is 4.34. The summed E-state index contributed by atoms with van der Waals surface area (Å²) in [5.74, 6) is 3.06. The van der Waals surface area contributed by atoms with Gasteiger partial charge < -0.3 is 20.8 Å². The maximum atomic E-state index is 5.98. The van der Waals surface area contributed by atoms with Crippen LogP contribution in [0.2, 0.25) is 5.02 Å². The van der Waals surface area contributed by atoms with Crippen molar-refractivity contribution in [2.45, 2.75) is 65.7 Å². The SMILES string of the molecule is CC1CCC(CSCCCNCc2cccc(-c3ccc(Cl)cc3)c2)O1.[CH2-]N=C(N)C(=[C-]C)N=CC(C)C.[K+]. The fraction of sp³-hybridized carbons (Fsp3) is 0.452. The van der Waals surface area contributed by atoms with Crippen LogP contribution >= 0.6 is 23.4 Å². The smallest absolute Gasteiger partial charge is 0.460 e. The van der Waals surface area contributed by atoms with E-state index in [9.17, 15) is 0 Å². The van der Waals surface area contributed by atoms with Gasteiger partial charge in [0.2, 0.25) is 0 Å². The molecule has 5 nitrogen and oxygen atoms in total. The van der Waals surface area contributed by atoms with Crippen LogP contribution in [0.1, 0.15) is 52.5 Å². The summed E-state index contributed by atoms with van der Waals surface area (Å²) in [4.78, 5) is 7.67. The largest absolute Gasteiger partial charge is 1.00 e. The second-order valence-corrected chi connectivity index (χ2v) is 11.2. The van der Waals surface area contributed by atoms with Gasteiger partial charge in [0.25, 0.3) is 0 Å². The van der Waals surface area contributed by atoms with E-state index in [4.69, 9.17) is 22.1 Å². The second-order valence-electron chi connectivity index (χ2n) is 9.62. The maximum absolute atomic E-state index is 5.98. The van der Waals surface area contributed by atoms with Crippen molar-refractivity contribution in [2.75, 3.05) is 18.1 Å². The minimum atomic E-state index is 0. The molecular formula is C31H43ClKN4OS-. The van der Waals surface area contributed by atoms with Crippen molar-refractivity contribution in [3.63, 3.8) is 0 Å². The molecule has 1 aliphatic heterocycles. The number of nitrogens with two attached hydrogens (primary N) is 1. The Bertz CT molecular complexity index is 1040. The summed E-state index contributed by atoms with van der Waals surface area (Å²) in [6.45, 7) is 9.96. The Morgan fingerprint density at radius 1 is 1.23 bits per heavy atom.